The number of hydrogen-bond acceptors (Lipinski definition) is 5. The SMILES string of the molecule is CCNC(=NCCc1c(OC)cc(OC)cc1OC)NC1CCN(CC(C)C)CC1.I. The van der Waals surface area contributed by atoms with Gasteiger partial charge in [0.2, 0.25) is 0 Å². The summed E-state index contributed by atoms with van der Waals surface area (Å²) in [6.07, 6.45) is 3.02. The van der Waals surface area contributed by atoms with E-state index >= 15 is 0 Å². The molecule has 0 atom stereocenters. The van der Waals surface area contributed by atoms with Crippen LogP contribution in [0.2, 0.25) is 0 Å². The lowest BCUT2D eigenvalue weighted by Crippen LogP contribution is -2.49. The summed E-state index contributed by atoms with van der Waals surface area (Å²) >= 11 is 0. The van der Waals surface area contributed by atoms with E-state index in [-0.39, 0.29) is 24.0 Å². The molecule has 1 aromatic rings. The number of halogens is 1. The molecule has 1 aliphatic rings. The van der Waals surface area contributed by atoms with E-state index in [1.165, 1.54) is 6.54 Å². The third-order valence-corrected chi connectivity index (χ3v) is 5.34. The van der Waals surface area contributed by atoms with Crippen molar-refractivity contribution in [3.05, 3.63) is 17.7 Å². The van der Waals surface area contributed by atoms with Crippen molar-refractivity contribution >= 4 is 29.9 Å². The van der Waals surface area contributed by atoms with Gasteiger partial charge in [0.25, 0.3) is 0 Å². The Morgan fingerprint density at radius 3 is 2.19 bits per heavy atom. The molecule has 0 radical (unpaired) electrons. The molecule has 31 heavy (non-hydrogen) atoms. The summed E-state index contributed by atoms with van der Waals surface area (Å²) in [4.78, 5) is 7.37. The predicted octanol–water partition coefficient (Wildman–Crippen LogP) is 3.55. The minimum absolute atomic E-state index is 0. The Morgan fingerprint density at radius 2 is 1.71 bits per heavy atom. The molecule has 2 rings (SSSR count). The van der Waals surface area contributed by atoms with Crippen molar-refractivity contribution in [1.29, 1.82) is 0 Å². The van der Waals surface area contributed by atoms with Crippen LogP contribution in [0.25, 0.3) is 0 Å². The number of piperidine rings is 1. The van der Waals surface area contributed by atoms with Gasteiger partial charge in [0.05, 0.1) is 21.3 Å². The van der Waals surface area contributed by atoms with Gasteiger partial charge in [0, 0.05) is 56.5 Å². The largest absolute Gasteiger partial charge is 0.496 e. The van der Waals surface area contributed by atoms with Crippen LogP contribution < -0.4 is 24.8 Å². The first-order chi connectivity index (χ1) is 14.5. The molecule has 7 nitrogen and oxygen atoms in total. The first kappa shape index (κ1) is 27.6. The van der Waals surface area contributed by atoms with E-state index in [1.807, 2.05) is 12.1 Å². The fraction of sp³-hybridized carbons (Fsp3) is 0.696. The first-order valence-electron chi connectivity index (χ1n) is 11.1. The number of likely N-dealkylation sites (tertiary alicyclic amines) is 1. The highest BCUT2D eigenvalue weighted by Crippen LogP contribution is 2.34. The van der Waals surface area contributed by atoms with Crippen molar-refractivity contribution in [2.45, 2.75) is 46.1 Å². The monoisotopic (exact) mass is 548 g/mol. The lowest BCUT2D eigenvalue weighted by molar-refractivity contribution is 0.187. The van der Waals surface area contributed by atoms with Crippen LogP contribution in [0.5, 0.6) is 17.2 Å². The summed E-state index contributed by atoms with van der Waals surface area (Å²) in [6.45, 7) is 11.6. The molecule has 1 aliphatic heterocycles. The molecule has 0 spiro atoms. The second-order valence-electron chi connectivity index (χ2n) is 8.13. The molecule has 0 amide bonds. The van der Waals surface area contributed by atoms with Gasteiger partial charge in [0.1, 0.15) is 17.2 Å². The van der Waals surface area contributed by atoms with E-state index in [4.69, 9.17) is 19.2 Å². The average Bonchev–Trinajstić information content (AvgIpc) is 2.74. The maximum absolute atomic E-state index is 5.55. The summed E-state index contributed by atoms with van der Waals surface area (Å²) in [5.74, 6) is 3.84. The zero-order valence-corrected chi connectivity index (χ0v) is 22.3. The molecule has 0 saturated carbocycles. The van der Waals surface area contributed by atoms with E-state index < -0.39 is 0 Å². The minimum Gasteiger partial charge on any atom is -0.496 e. The Morgan fingerprint density at radius 1 is 1.10 bits per heavy atom. The number of guanidine groups is 1. The smallest absolute Gasteiger partial charge is 0.191 e. The predicted molar refractivity (Wildman–Crippen MR) is 139 cm³/mol. The van der Waals surface area contributed by atoms with Gasteiger partial charge in [-0.2, -0.15) is 0 Å². The molecule has 1 aromatic carbocycles. The van der Waals surface area contributed by atoms with Crippen LogP contribution in [0.1, 0.15) is 39.2 Å². The standard InChI is InChI=1S/C23H40N4O3.HI/c1-7-24-23(26-18-9-12-27(13-10-18)16-17(2)3)25-11-8-20-21(29-5)14-19(28-4)15-22(20)30-6;/h14-15,17-18H,7-13,16H2,1-6H3,(H2,24,25,26);1H. The van der Waals surface area contributed by atoms with Crippen LogP contribution in [0, 0.1) is 5.92 Å². The summed E-state index contributed by atoms with van der Waals surface area (Å²) < 4.78 is 16.4. The van der Waals surface area contributed by atoms with Crippen molar-refractivity contribution < 1.29 is 14.2 Å². The van der Waals surface area contributed by atoms with Crippen molar-refractivity contribution in [2.75, 3.05) is 54.1 Å². The highest BCUT2D eigenvalue weighted by molar-refractivity contribution is 14.0. The molecule has 1 saturated heterocycles. The Hall–Kier alpha value is -1.42. The molecule has 0 unspecified atom stereocenters. The Bertz CT molecular complexity index is 652. The lowest BCUT2D eigenvalue weighted by Gasteiger charge is -2.34. The fourth-order valence-electron chi connectivity index (χ4n) is 3.89. The third-order valence-electron chi connectivity index (χ3n) is 5.34. The highest BCUT2D eigenvalue weighted by Gasteiger charge is 2.20. The second-order valence-corrected chi connectivity index (χ2v) is 8.13. The number of nitrogens with zero attached hydrogens (tertiary/aromatic N) is 2. The normalized spacial score (nSPS) is 15.4. The van der Waals surface area contributed by atoms with Gasteiger partial charge in [-0.15, -0.1) is 24.0 Å². The van der Waals surface area contributed by atoms with Gasteiger partial charge in [0.15, 0.2) is 5.96 Å². The summed E-state index contributed by atoms with van der Waals surface area (Å²) in [7, 11) is 4.97. The van der Waals surface area contributed by atoms with Gasteiger partial charge in [-0.25, -0.2) is 0 Å². The van der Waals surface area contributed by atoms with Crippen LogP contribution in [0.3, 0.4) is 0 Å². The third kappa shape index (κ3) is 8.92. The van der Waals surface area contributed by atoms with Crippen LogP contribution in [0.15, 0.2) is 17.1 Å². The Kier molecular flexibility index (Phi) is 13.0. The summed E-state index contributed by atoms with van der Waals surface area (Å²) in [6, 6.07) is 4.24. The van der Waals surface area contributed by atoms with Crippen LogP contribution in [0.4, 0.5) is 0 Å². The molecule has 1 fully saturated rings. The molecule has 0 aromatic heterocycles. The van der Waals surface area contributed by atoms with Gasteiger partial charge >= 0.3 is 0 Å². The van der Waals surface area contributed by atoms with E-state index in [0.29, 0.717) is 12.6 Å². The summed E-state index contributed by atoms with van der Waals surface area (Å²) in [5.41, 5.74) is 1.00. The maximum Gasteiger partial charge on any atom is 0.191 e. The molecule has 0 bridgehead atoms. The van der Waals surface area contributed by atoms with Gasteiger partial charge in [-0.1, -0.05) is 13.8 Å². The van der Waals surface area contributed by atoms with Crippen molar-refractivity contribution in [3.8, 4) is 17.2 Å². The topological polar surface area (TPSA) is 67.4 Å². The van der Waals surface area contributed by atoms with E-state index in [2.05, 4.69) is 36.3 Å². The van der Waals surface area contributed by atoms with Crippen molar-refractivity contribution in [1.82, 2.24) is 15.5 Å². The Balaban J connectivity index is 0.00000480. The highest BCUT2D eigenvalue weighted by atomic mass is 127. The number of methoxy groups -OCH3 is 3. The quantitative estimate of drug-likeness (QED) is 0.265. The number of benzene rings is 1. The van der Waals surface area contributed by atoms with E-state index in [9.17, 15) is 0 Å². The molecule has 178 valence electrons. The number of rotatable bonds is 10. The molecule has 8 heteroatoms. The van der Waals surface area contributed by atoms with Crippen LogP contribution >= 0.6 is 24.0 Å². The second kappa shape index (κ2) is 14.6. The van der Waals surface area contributed by atoms with Gasteiger partial charge in [-0.3, -0.25) is 4.99 Å². The fourth-order valence-corrected chi connectivity index (χ4v) is 3.89. The molecule has 1 heterocycles. The van der Waals surface area contributed by atoms with Gasteiger partial charge in [-0.05, 0) is 32.1 Å². The zero-order valence-electron chi connectivity index (χ0n) is 20.0. The van der Waals surface area contributed by atoms with Crippen molar-refractivity contribution in [3.63, 3.8) is 0 Å². The zero-order chi connectivity index (χ0) is 21.9. The molecule has 2 N–H and O–H groups in total. The van der Waals surface area contributed by atoms with Gasteiger partial charge < -0.3 is 29.7 Å². The van der Waals surface area contributed by atoms with Crippen LogP contribution in [-0.4, -0.2) is 71.0 Å². The Labute approximate surface area is 205 Å². The molecule has 0 aliphatic carbocycles. The molecular formula is C23H41IN4O3. The van der Waals surface area contributed by atoms with Crippen LogP contribution in [-0.2, 0) is 6.42 Å². The minimum atomic E-state index is 0. The number of nitrogens with one attached hydrogen (secondary N) is 2. The van der Waals surface area contributed by atoms with E-state index in [1.54, 1.807) is 21.3 Å². The number of ether oxygens (including phenoxy) is 3. The first-order valence-corrected chi connectivity index (χ1v) is 11.1. The lowest BCUT2D eigenvalue weighted by atomic mass is 10.0. The number of aliphatic imine (C=N–C) groups is 1. The maximum atomic E-state index is 5.55. The van der Waals surface area contributed by atoms with E-state index in [0.717, 1.165) is 73.6 Å². The average molecular weight is 549 g/mol. The summed E-state index contributed by atoms with van der Waals surface area (Å²) in [5, 5.41) is 7.00. The number of hydrogen-bond donors (Lipinski definition) is 2. The molecular weight excluding hydrogens is 507 g/mol. The van der Waals surface area contributed by atoms with Crippen molar-refractivity contribution in [2.24, 2.45) is 10.9 Å².